The van der Waals surface area contributed by atoms with Crippen molar-refractivity contribution in [2.24, 2.45) is 17.8 Å². The Balaban J connectivity index is 1.83. The first-order chi connectivity index (χ1) is 8.67. The molecule has 0 N–H and O–H groups in total. The van der Waals surface area contributed by atoms with Crippen molar-refractivity contribution in [3.05, 3.63) is 29.8 Å². The second-order valence-electron chi connectivity index (χ2n) is 6.49. The van der Waals surface area contributed by atoms with E-state index < -0.39 is 0 Å². The summed E-state index contributed by atoms with van der Waals surface area (Å²) < 4.78 is 12.6. The van der Waals surface area contributed by atoms with E-state index in [2.05, 4.69) is 38.1 Å². The van der Waals surface area contributed by atoms with E-state index in [0.29, 0.717) is 11.8 Å². The van der Waals surface area contributed by atoms with Gasteiger partial charge >= 0.3 is 0 Å². The summed E-state index contributed by atoms with van der Waals surface area (Å²) in [6.45, 7) is 5.55. The van der Waals surface area contributed by atoms with Crippen LogP contribution in [0.25, 0.3) is 0 Å². The predicted octanol–water partition coefficient (Wildman–Crippen LogP) is 3.57. The van der Waals surface area contributed by atoms with Crippen molar-refractivity contribution in [1.29, 1.82) is 0 Å². The Morgan fingerprint density at radius 2 is 2.11 bits per heavy atom. The van der Waals surface area contributed by atoms with Crippen molar-refractivity contribution in [1.82, 2.24) is 0 Å². The van der Waals surface area contributed by atoms with E-state index >= 15 is 0 Å². The Hall–Kier alpha value is -1.02. The summed E-state index contributed by atoms with van der Waals surface area (Å²) in [6, 6.07) is 8.40. The van der Waals surface area contributed by atoms with Crippen LogP contribution in [0.3, 0.4) is 0 Å². The minimum Gasteiger partial charge on any atom is -0.487 e. The lowest BCUT2D eigenvalue weighted by atomic mass is 9.62. The molecule has 18 heavy (non-hydrogen) atoms. The van der Waals surface area contributed by atoms with Crippen LogP contribution in [-0.4, -0.2) is 12.2 Å². The van der Waals surface area contributed by atoms with Crippen LogP contribution in [-0.2, 0) is 4.74 Å². The van der Waals surface area contributed by atoms with Gasteiger partial charge in [-0.05, 0) is 37.7 Å². The van der Waals surface area contributed by atoms with Gasteiger partial charge in [0.1, 0.15) is 11.4 Å². The topological polar surface area (TPSA) is 18.5 Å². The molecule has 2 heterocycles. The number of fused-ring (bicyclic) bond motifs is 3. The molecule has 0 amide bonds. The summed E-state index contributed by atoms with van der Waals surface area (Å²) in [4.78, 5) is 0. The Kier molecular flexibility index (Phi) is 2.12. The van der Waals surface area contributed by atoms with E-state index in [9.17, 15) is 0 Å². The third kappa shape index (κ3) is 1.33. The van der Waals surface area contributed by atoms with Crippen LogP contribution in [0, 0.1) is 17.8 Å². The Morgan fingerprint density at radius 1 is 1.28 bits per heavy atom. The SMILES string of the molecule is C[C@@H]1C[C@]2(C)Oc3ccccc3[C@@H]3OC[C@H]1C[C@@H]32. The van der Waals surface area contributed by atoms with Crippen LogP contribution < -0.4 is 4.74 Å². The maximum absolute atomic E-state index is 6.37. The predicted molar refractivity (Wildman–Crippen MR) is 69.5 cm³/mol. The number of para-hydroxylation sites is 1. The zero-order chi connectivity index (χ0) is 12.3. The molecule has 2 bridgehead atoms. The molecule has 0 unspecified atom stereocenters. The lowest BCUT2D eigenvalue weighted by Crippen LogP contribution is -2.56. The van der Waals surface area contributed by atoms with Gasteiger partial charge in [-0.3, -0.25) is 0 Å². The van der Waals surface area contributed by atoms with Gasteiger partial charge in [-0.1, -0.05) is 25.1 Å². The quantitative estimate of drug-likeness (QED) is 0.694. The minimum absolute atomic E-state index is 0.0324. The first kappa shape index (κ1) is 10.9. The highest BCUT2D eigenvalue weighted by molar-refractivity contribution is 5.39. The molecule has 0 spiro atoms. The third-order valence-electron chi connectivity index (χ3n) is 5.30. The molecule has 2 aliphatic heterocycles. The van der Waals surface area contributed by atoms with E-state index in [-0.39, 0.29) is 11.7 Å². The molecule has 1 aromatic rings. The molecule has 2 nitrogen and oxygen atoms in total. The summed E-state index contributed by atoms with van der Waals surface area (Å²) in [7, 11) is 0. The zero-order valence-electron chi connectivity index (χ0n) is 11.1. The van der Waals surface area contributed by atoms with Gasteiger partial charge in [0.2, 0.25) is 0 Å². The van der Waals surface area contributed by atoms with E-state index in [4.69, 9.17) is 9.47 Å². The summed E-state index contributed by atoms with van der Waals surface area (Å²) >= 11 is 0. The Labute approximate surface area is 108 Å². The number of ether oxygens (including phenoxy) is 2. The van der Waals surface area contributed by atoms with Crippen LogP contribution in [0.2, 0.25) is 0 Å². The average molecular weight is 244 g/mol. The van der Waals surface area contributed by atoms with Crippen LogP contribution in [0.4, 0.5) is 0 Å². The van der Waals surface area contributed by atoms with Gasteiger partial charge in [0.25, 0.3) is 0 Å². The summed E-state index contributed by atoms with van der Waals surface area (Å²) in [5.41, 5.74) is 1.23. The molecule has 1 aromatic carbocycles. The molecule has 96 valence electrons. The smallest absolute Gasteiger partial charge is 0.125 e. The molecule has 0 aromatic heterocycles. The lowest BCUT2D eigenvalue weighted by molar-refractivity contribution is -0.184. The van der Waals surface area contributed by atoms with Gasteiger partial charge in [0.15, 0.2) is 0 Å². The van der Waals surface area contributed by atoms with Crippen molar-refractivity contribution in [3.8, 4) is 5.75 Å². The molecular formula is C16H20O2. The normalized spacial score (nSPS) is 45.0. The van der Waals surface area contributed by atoms with Crippen molar-refractivity contribution in [2.45, 2.75) is 38.4 Å². The highest BCUT2D eigenvalue weighted by Crippen LogP contribution is 2.56. The summed E-state index contributed by atoms with van der Waals surface area (Å²) in [6.07, 6.45) is 2.68. The molecule has 4 rings (SSSR count). The van der Waals surface area contributed by atoms with E-state index in [0.717, 1.165) is 24.7 Å². The van der Waals surface area contributed by atoms with Crippen LogP contribution in [0.15, 0.2) is 24.3 Å². The zero-order valence-corrected chi connectivity index (χ0v) is 11.1. The van der Waals surface area contributed by atoms with Gasteiger partial charge in [-0.25, -0.2) is 0 Å². The minimum atomic E-state index is -0.0324. The monoisotopic (exact) mass is 244 g/mol. The molecule has 1 saturated heterocycles. The third-order valence-corrected chi connectivity index (χ3v) is 5.30. The maximum atomic E-state index is 6.37. The maximum Gasteiger partial charge on any atom is 0.125 e. The van der Waals surface area contributed by atoms with Gasteiger partial charge in [0, 0.05) is 11.5 Å². The average Bonchev–Trinajstić information content (AvgIpc) is 2.37. The summed E-state index contributed by atoms with van der Waals surface area (Å²) in [5.74, 6) is 3.00. The van der Waals surface area contributed by atoms with Crippen molar-refractivity contribution < 1.29 is 9.47 Å². The Bertz CT molecular complexity index is 484. The molecule has 2 heteroatoms. The molecule has 0 radical (unpaired) electrons. The fraction of sp³-hybridized carbons (Fsp3) is 0.625. The first-order valence-electron chi connectivity index (χ1n) is 7.07. The van der Waals surface area contributed by atoms with Crippen molar-refractivity contribution >= 4 is 0 Å². The van der Waals surface area contributed by atoms with Crippen molar-refractivity contribution in [2.75, 3.05) is 6.61 Å². The highest BCUT2D eigenvalue weighted by atomic mass is 16.5. The van der Waals surface area contributed by atoms with Crippen molar-refractivity contribution in [3.63, 3.8) is 0 Å². The fourth-order valence-electron chi connectivity index (χ4n) is 4.27. The van der Waals surface area contributed by atoms with Crippen LogP contribution in [0.5, 0.6) is 5.75 Å². The second-order valence-corrected chi connectivity index (χ2v) is 6.49. The highest BCUT2D eigenvalue weighted by Gasteiger charge is 2.54. The molecule has 2 fully saturated rings. The van der Waals surface area contributed by atoms with E-state index in [1.54, 1.807) is 0 Å². The molecule has 1 aliphatic carbocycles. The van der Waals surface area contributed by atoms with Crippen LogP contribution >= 0.6 is 0 Å². The van der Waals surface area contributed by atoms with Gasteiger partial charge in [-0.2, -0.15) is 0 Å². The van der Waals surface area contributed by atoms with E-state index in [1.165, 1.54) is 12.0 Å². The number of rotatable bonds is 0. The molecule has 5 atom stereocenters. The first-order valence-corrected chi connectivity index (χ1v) is 7.07. The molecule has 3 aliphatic rings. The van der Waals surface area contributed by atoms with Gasteiger partial charge in [-0.15, -0.1) is 0 Å². The van der Waals surface area contributed by atoms with Gasteiger partial charge in [0.05, 0.1) is 12.7 Å². The Morgan fingerprint density at radius 3 is 3.00 bits per heavy atom. The number of hydrogen-bond donors (Lipinski definition) is 0. The number of benzene rings is 1. The molecule has 1 saturated carbocycles. The second kappa shape index (κ2) is 3.51. The lowest BCUT2D eigenvalue weighted by Gasteiger charge is -2.55. The van der Waals surface area contributed by atoms with E-state index in [1.807, 2.05) is 0 Å². The fourth-order valence-corrected chi connectivity index (χ4v) is 4.27. The summed E-state index contributed by atoms with van der Waals surface area (Å²) in [5, 5.41) is 0. The standard InChI is InChI=1S/C16H20O2/c1-10-8-16(2)13-7-11(10)9-17-15(13)12-5-3-4-6-14(12)18-16/h3-6,10-11,13,15H,7-9H2,1-2H3/t10-,11-,13+,15+,16+/m1/s1. The number of hydrogen-bond acceptors (Lipinski definition) is 2. The van der Waals surface area contributed by atoms with Crippen LogP contribution in [0.1, 0.15) is 38.4 Å². The van der Waals surface area contributed by atoms with Gasteiger partial charge < -0.3 is 9.47 Å². The largest absolute Gasteiger partial charge is 0.487 e. The molecular weight excluding hydrogens is 224 g/mol.